The quantitative estimate of drug-likeness (QED) is 0.160. The number of carbonyl (C=O) groups excluding carboxylic acids is 1. The lowest BCUT2D eigenvalue weighted by molar-refractivity contribution is -0.138. The number of aromatic amines is 1. The van der Waals surface area contributed by atoms with Crippen LogP contribution in [-0.2, 0) is 12.4 Å². The molecule has 40 heavy (non-hydrogen) atoms. The molecule has 0 unspecified atom stereocenters. The third kappa shape index (κ3) is 5.17. The lowest BCUT2D eigenvalue weighted by Gasteiger charge is -2.14. The van der Waals surface area contributed by atoms with Crippen molar-refractivity contribution in [2.75, 3.05) is 10.6 Å². The summed E-state index contributed by atoms with van der Waals surface area (Å²) in [6, 6.07) is 11.6. The summed E-state index contributed by atoms with van der Waals surface area (Å²) >= 11 is 0. The smallest absolute Gasteiger partial charge is 0.355 e. The Bertz CT molecular complexity index is 1830. The summed E-state index contributed by atoms with van der Waals surface area (Å²) in [6.07, 6.45) is -8.26. The fourth-order valence-electron chi connectivity index (χ4n) is 4.17. The number of aromatic nitrogens is 2. The molecule has 3 aromatic carbocycles. The van der Waals surface area contributed by atoms with E-state index in [4.69, 9.17) is 0 Å². The molecule has 13 heteroatoms. The Kier molecular flexibility index (Phi) is 6.44. The standard InChI is InChI=1S/C27H15F7N4O2/c28-14-2-8-18(20(12-14)27(32,33)34)25(40)37-16-5-3-15(4-6-16)36-21-9-10-35-23-22(21)19-11-13(26(29,30)31)1-7-17(19)24(39)38-23/h1-12H,(H,37,40)(H2,35,36,38,39). The van der Waals surface area contributed by atoms with Gasteiger partial charge in [0.25, 0.3) is 11.5 Å². The van der Waals surface area contributed by atoms with Gasteiger partial charge in [-0.05, 0) is 66.7 Å². The van der Waals surface area contributed by atoms with Crippen molar-refractivity contribution in [1.82, 2.24) is 9.97 Å². The number of H-pyrrole nitrogens is 1. The molecule has 6 nitrogen and oxygen atoms in total. The van der Waals surface area contributed by atoms with E-state index in [1.54, 1.807) is 0 Å². The molecule has 5 aromatic rings. The first-order valence-corrected chi connectivity index (χ1v) is 11.4. The summed E-state index contributed by atoms with van der Waals surface area (Å²) in [5.74, 6) is -2.25. The van der Waals surface area contributed by atoms with Crippen LogP contribution in [0.1, 0.15) is 21.5 Å². The number of carbonyl (C=O) groups is 1. The van der Waals surface area contributed by atoms with Crippen LogP contribution in [0.4, 0.5) is 47.8 Å². The Morgan fingerprint density at radius 2 is 1.50 bits per heavy atom. The molecule has 204 valence electrons. The highest BCUT2D eigenvalue weighted by molar-refractivity contribution is 6.11. The number of rotatable bonds is 4. The number of nitrogens with one attached hydrogen (secondary N) is 3. The fourth-order valence-corrected chi connectivity index (χ4v) is 4.17. The van der Waals surface area contributed by atoms with Crippen LogP contribution >= 0.6 is 0 Å². The summed E-state index contributed by atoms with van der Waals surface area (Å²) < 4.78 is 93.3. The van der Waals surface area contributed by atoms with E-state index < -0.39 is 46.3 Å². The van der Waals surface area contributed by atoms with E-state index >= 15 is 0 Å². The van der Waals surface area contributed by atoms with Crippen molar-refractivity contribution in [2.45, 2.75) is 12.4 Å². The normalized spacial score (nSPS) is 12.1. The van der Waals surface area contributed by atoms with Gasteiger partial charge in [0.1, 0.15) is 11.5 Å². The number of alkyl halides is 6. The van der Waals surface area contributed by atoms with Crippen molar-refractivity contribution in [3.63, 3.8) is 0 Å². The fraction of sp³-hybridized carbons (Fsp3) is 0.0741. The number of hydrogen-bond donors (Lipinski definition) is 3. The lowest BCUT2D eigenvalue weighted by atomic mass is 10.0. The minimum Gasteiger partial charge on any atom is -0.355 e. The molecular weight excluding hydrogens is 545 g/mol. The third-order valence-corrected chi connectivity index (χ3v) is 6.00. The Hall–Kier alpha value is -4.94. The van der Waals surface area contributed by atoms with Gasteiger partial charge in [-0.1, -0.05) is 0 Å². The molecule has 2 heterocycles. The molecular formula is C27H15F7N4O2. The third-order valence-electron chi connectivity index (χ3n) is 6.00. The largest absolute Gasteiger partial charge is 0.417 e. The van der Waals surface area contributed by atoms with Gasteiger partial charge in [-0.2, -0.15) is 26.3 Å². The number of hydrogen-bond acceptors (Lipinski definition) is 4. The van der Waals surface area contributed by atoms with Crippen LogP contribution in [0.5, 0.6) is 0 Å². The molecule has 0 aliphatic rings. The number of anilines is 3. The van der Waals surface area contributed by atoms with E-state index in [1.165, 1.54) is 36.5 Å². The van der Waals surface area contributed by atoms with Crippen LogP contribution in [0.25, 0.3) is 21.8 Å². The van der Waals surface area contributed by atoms with Crippen molar-refractivity contribution in [3.8, 4) is 0 Å². The maximum absolute atomic E-state index is 13.4. The maximum atomic E-state index is 13.4. The Balaban J connectivity index is 1.46. The van der Waals surface area contributed by atoms with Crippen LogP contribution in [0.15, 0.2) is 77.7 Å². The van der Waals surface area contributed by atoms with Crippen molar-refractivity contribution in [3.05, 3.63) is 106 Å². The summed E-state index contributed by atoms with van der Waals surface area (Å²) in [7, 11) is 0. The molecule has 0 bridgehead atoms. The summed E-state index contributed by atoms with van der Waals surface area (Å²) in [4.78, 5) is 31.5. The predicted octanol–water partition coefficient (Wildman–Crippen LogP) is 7.25. The van der Waals surface area contributed by atoms with E-state index in [9.17, 15) is 40.3 Å². The second-order valence-electron chi connectivity index (χ2n) is 8.64. The Labute approximate surface area is 219 Å². The zero-order valence-corrected chi connectivity index (χ0v) is 19.8. The predicted molar refractivity (Wildman–Crippen MR) is 134 cm³/mol. The van der Waals surface area contributed by atoms with Gasteiger partial charge in [0.15, 0.2) is 0 Å². The van der Waals surface area contributed by atoms with Crippen LogP contribution < -0.4 is 16.2 Å². The second kappa shape index (κ2) is 9.67. The number of halogens is 7. The van der Waals surface area contributed by atoms with Crippen molar-refractivity contribution in [2.24, 2.45) is 0 Å². The molecule has 0 aliphatic carbocycles. The number of benzene rings is 3. The molecule has 3 N–H and O–H groups in total. The summed E-state index contributed by atoms with van der Waals surface area (Å²) in [6.45, 7) is 0. The second-order valence-corrected chi connectivity index (χ2v) is 8.64. The molecule has 0 saturated heterocycles. The van der Waals surface area contributed by atoms with Crippen LogP contribution in [0.2, 0.25) is 0 Å². The first-order chi connectivity index (χ1) is 18.8. The Morgan fingerprint density at radius 1 is 0.800 bits per heavy atom. The monoisotopic (exact) mass is 560 g/mol. The number of fused-ring (bicyclic) bond motifs is 3. The first kappa shape index (κ1) is 26.7. The molecule has 0 spiro atoms. The van der Waals surface area contributed by atoms with Gasteiger partial charge in [-0.15, -0.1) is 0 Å². The minimum absolute atomic E-state index is 0.0211. The minimum atomic E-state index is -4.95. The van der Waals surface area contributed by atoms with Crippen molar-refractivity contribution in [1.29, 1.82) is 0 Å². The molecule has 0 aliphatic heterocycles. The zero-order chi connectivity index (χ0) is 28.8. The van der Waals surface area contributed by atoms with Gasteiger partial charge >= 0.3 is 12.4 Å². The highest BCUT2D eigenvalue weighted by Crippen LogP contribution is 2.36. The van der Waals surface area contributed by atoms with Crippen LogP contribution in [0, 0.1) is 5.82 Å². The summed E-state index contributed by atoms with van der Waals surface area (Å²) in [5, 5.41) is 5.60. The van der Waals surface area contributed by atoms with Crippen molar-refractivity contribution < 1.29 is 35.5 Å². The van der Waals surface area contributed by atoms with Gasteiger partial charge in [0.2, 0.25) is 0 Å². The van der Waals surface area contributed by atoms with E-state index in [1.807, 2.05) is 0 Å². The average molecular weight is 560 g/mol. The highest BCUT2D eigenvalue weighted by Gasteiger charge is 2.36. The van der Waals surface area contributed by atoms with Crippen molar-refractivity contribution >= 4 is 44.8 Å². The van der Waals surface area contributed by atoms with Gasteiger partial charge in [-0.25, -0.2) is 9.37 Å². The first-order valence-electron chi connectivity index (χ1n) is 11.4. The number of pyridine rings is 2. The lowest BCUT2D eigenvalue weighted by Crippen LogP contribution is -2.19. The number of nitrogens with zero attached hydrogens (tertiary/aromatic N) is 1. The van der Waals surface area contributed by atoms with Crippen LogP contribution in [-0.4, -0.2) is 15.9 Å². The Morgan fingerprint density at radius 3 is 2.17 bits per heavy atom. The average Bonchev–Trinajstić information content (AvgIpc) is 2.88. The molecule has 0 saturated carbocycles. The zero-order valence-electron chi connectivity index (χ0n) is 19.8. The van der Waals surface area contributed by atoms with Gasteiger partial charge in [-0.3, -0.25) is 9.59 Å². The SMILES string of the molecule is O=C(Nc1ccc(Nc2ccnc3[nH]c(=O)c4ccc(C(F)(F)F)cc4c23)cc1)c1ccc(F)cc1C(F)(F)F. The van der Waals surface area contributed by atoms with E-state index in [-0.39, 0.29) is 33.6 Å². The van der Waals surface area contributed by atoms with E-state index in [2.05, 4.69) is 20.6 Å². The van der Waals surface area contributed by atoms with E-state index in [0.29, 0.717) is 11.4 Å². The highest BCUT2D eigenvalue weighted by atomic mass is 19.4. The topological polar surface area (TPSA) is 86.9 Å². The molecule has 0 radical (unpaired) electrons. The van der Waals surface area contributed by atoms with Gasteiger partial charge < -0.3 is 15.6 Å². The number of amides is 1. The maximum Gasteiger partial charge on any atom is 0.417 e. The van der Waals surface area contributed by atoms with E-state index in [0.717, 1.165) is 30.3 Å². The molecule has 0 atom stereocenters. The van der Waals surface area contributed by atoms with Gasteiger partial charge in [0, 0.05) is 33.7 Å². The summed E-state index contributed by atoms with van der Waals surface area (Å²) in [5.41, 5.74) is -2.88. The molecule has 5 rings (SSSR count). The molecule has 1 amide bonds. The molecule has 0 fully saturated rings. The van der Waals surface area contributed by atoms with Crippen LogP contribution in [0.3, 0.4) is 0 Å². The van der Waals surface area contributed by atoms with Gasteiger partial charge in [0.05, 0.1) is 22.4 Å². The molecule has 2 aromatic heterocycles.